The molecule has 0 bridgehead atoms. The number of hydrogen-bond donors (Lipinski definition) is 2. The van der Waals surface area contributed by atoms with Gasteiger partial charge in [0.25, 0.3) is 5.91 Å². The second kappa shape index (κ2) is 6.00. The Bertz CT molecular complexity index is 820. The van der Waals surface area contributed by atoms with Crippen LogP contribution in [0, 0.1) is 0 Å². The highest BCUT2D eigenvalue weighted by Gasteiger charge is 2.43. The molecule has 0 unspecified atom stereocenters. The summed E-state index contributed by atoms with van der Waals surface area (Å²) in [5, 5.41) is 6.03. The molecule has 2 aliphatic heterocycles. The highest BCUT2D eigenvalue weighted by Crippen LogP contribution is 2.42. The van der Waals surface area contributed by atoms with Gasteiger partial charge in [0.2, 0.25) is 0 Å². The van der Waals surface area contributed by atoms with Crippen LogP contribution in [0.3, 0.4) is 0 Å². The van der Waals surface area contributed by atoms with Crippen molar-refractivity contribution in [3.05, 3.63) is 53.6 Å². The molecule has 5 nitrogen and oxygen atoms in total. The van der Waals surface area contributed by atoms with Crippen LogP contribution in [-0.4, -0.2) is 25.3 Å². The Morgan fingerprint density at radius 3 is 2.76 bits per heavy atom. The Morgan fingerprint density at radius 1 is 1.16 bits per heavy atom. The van der Waals surface area contributed by atoms with Gasteiger partial charge in [-0.2, -0.15) is 0 Å². The molecule has 25 heavy (non-hydrogen) atoms. The molecule has 1 fully saturated rings. The average Bonchev–Trinajstić information content (AvgIpc) is 3.20. The van der Waals surface area contributed by atoms with Crippen LogP contribution in [0.1, 0.15) is 28.3 Å². The van der Waals surface area contributed by atoms with Crippen molar-refractivity contribution in [1.82, 2.24) is 5.32 Å². The van der Waals surface area contributed by atoms with Crippen molar-refractivity contribution < 1.29 is 23.0 Å². The first-order valence-electron chi connectivity index (χ1n) is 8.03. The van der Waals surface area contributed by atoms with E-state index in [1.807, 2.05) is 12.1 Å². The molecule has 7 heteroatoms. The molecule has 1 amide bonds. The second-order valence-corrected chi connectivity index (χ2v) is 6.06. The third-order valence-corrected chi connectivity index (χ3v) is 4.36. The Kier molecular flexibility index (Phi) is 3.80. The molecule has 1 saturated heterocycles. The third-order valence-electron chi connectivity index (χ3n) is 4.36. The van der Waals surface area contributed by atoms with Gasteiger partial charge >= 0.3 is 6.29 Å². The van der Waals surface area contributed by atoms with Crippen molar-refractivity contribution in [3.63, 3.8) is 0 Å². The molecule has 0 aliphatic carbocycles. The summed E-state index contributed by atoms with van der Waals surface area (Å²) in [7, 11) is 0. The Balaban J connectivity index is 1.56. The van der Waals surface area contributed by atoms with Crippen molar-refractivity contribution >= 4 is 11.6 Å². The summed E-state index contributed by atoms with van der Waals surface area (Å²) in [6, 6.07) is 11.6. The first-order chi connectivity index (χ1) is 12.0. The second-order valence-electron chi connectivity index (χ2n) is 6.06. The van der Waals surface area contributed by atoms with Gasteiger partial charge in [-0.1, -0.05) is 18.2 Å². The first kappa shape index (κ1) is 15.8. The molecule has 2 heterocycles. The highest BCUT2D eigenvalue weighted by molar-refractivity contribution is 6.05. The molecule has 2 aromatic rings. The van der Waals surface area contributed by atoms with Crippen LogP contribution in [0.4, 0.5) is 14.5 Å². The Labute approximate surface area is 142 Å². The number of rotatable bonds is 3. The number of halogens is 2. The predicted molar refractivity (Wildman–Crippen MR) is 87.3 cm³/mol. The molecular formula is C18H16F2N2O3. The van der Waals surface area contributed by atoms with Gasteiger partial charge in [0.1, 0.15) is 0 Å². The van der Waals surface area contributed by atoms with E-state index in [9.17, 15) is 13.6 Å². The molecular weight excluding hydrogens is 330 g/mol. The number of ether oxygens (including phenoxy) is 2. The lowest BCUT2D eigenvalue weighted by Gasteiger charge is -2.14. The van der Waals surface area contributed by atoms with E-state index >= 15 is 0 Å². The number of carbonyl (C=O) groups is 1. The average molecular weight is 346 g/mol. The number of fused-ring (bicyclic) bond motifs is 1. The van der Waals surface area contributed by atoms with Gasteiger partial charge in [-0.25, -0.2) is 0 Å². The molecule has 0 aromatic heterocycles. The largest absolute Gasteiger partial charge is 0.586 e. The molecule has 4 rings (SSSR count). The minimum atomic E-state index is -3.67. The summed E-state index contributed by atoms with van der Waals surface area (Å²) in [6.07, 6.45) is -2.70. The molecule has 2 N–H and O–H groups in total. The molecule has 1 atom stereocenters. The van der Waals surface area contributed by atoms with Gasteiger partial charge in [-0.3, -0.25) is 4.79 Å². The van der Waals surface area contributed by atoms with Gasteiger partial charge in [-0.05, 0) is 42.6 Å². The summed E-state index contributed by atoms with van der Waals surface area (Å²) in [5.41, 5.74) is 1.93. The Hall–Kier alpha value is -2.67. The fraction of sp³-hybridized carbons (Fsp3) is 0.278. The van der Waals surface area contributed by atoms with E-state index in [1.54, 1.807) is 12.1 Å². The van der Waals surface area contributed by atoms with Gasteiger partial charge < -0.3 is 20.1 Å². The van der Waals surface area contributed by atoms with E-state index in [0.29, 0.717) is 11.3 Å². The summed E-state index contributed by atoms with van der Waals surface area (Å²) in [4.78, 5) is 12.7. The van der Waals surface area contributed by atoms with Gasteiger partial charge in [-0.15, -0.1) is 8.78 Å². The van der Waals surface area contributed by atoms with Crippen molar-refractivity contribution in [3.8, 4) is 11.5 Å². The maximum absolute atomic E-state index is 13.1. The zero-order chi connectivity index (χ0) is 17.4. The summed E-state index contributed by atoms with van der Waals surface area (Å²) < 4.78 is 34.9. The van der Waals surface area contributed by atoms with E-state index in [-0.39, 0.29) is 23.3 Å². The van der Waals surface area contributed by atoms with Crippen LogP contribution in [-0.2, 0) is 0 Å². The Morgan fingerprint density at radius 2 is 1.96 bits per heavy atom. The van der Waals surface area contributed by atoms with Gasteiger partial charge in [0, 0.05) is 23.9 Å². The first-order valence-corrected chi connectivity index (χ1v) is 8.03. The number of benzene rings is 2. The lowest BCUT2D eigenvalue weighted by atomic mass is 9.93. The highest BCUT2D eigenvalue weighted by atomic mass is 19.3. The van der Waals surface area contributed by atoms with Crippen molar-refractivity contribution in [1.29, 1.82) is 0 Å². The SMILES string of the molecule is O=C(Nc1ccc2c(c1)OC(F)(F)O2)c1ccccc1[C@H]1CCNC1. The maximum atomic E-state index is 13.1. The summed E-state index contributed by atoms with van der Waals surface area (Å²) in [6.45, 7) is 1.76. The molecule has 2 aliphatic rings. The van der Waals surface area contributed by atoms with E-state index in [4.69, 9.17) is 0 Å². The minimum Gasteiger partial charge on any atom is -0.395 e. The number of nitrogens with one attached hydrogen (secondary N) is 2. The normalized spacial score (nSPS) is 20.5. The van der Waals surface area contributed by atoms with Crippen molar-refractivity contribution in [2.45, 2.75) is 18.6 Å². The molecule has 0 saturated carbocycles. The lowest BCUT2D eigenvalue weighted by molar-refractivity contribution is -0.286. The van der Waals surface area contributed by atoms with Crippen LogP contribution < -0.4 is 20.1 Å². The monoisotopic (exact) mass is 346 g/mol. The van der Waals surface area contributed by atoms with Gasteiger partial charge in [0.05, 0.1) is 0 Å². The standard InChI is InChI=1S/C18H16F2N2O3/c19-18(20)24-15-6-5-12(9-16(15)25-18)22-17(23)14-4-2-1-3-13(14)11-7-8-21-10-11/h1-6,9,11,21H,7-8,10H2,(H,22,23)/t11-/m0/s1. The van der Waals surface area contributed by atoms with E-state index < -0.39 is 6.29 Å². The zero-order valence-electron chi connectivity index (χ0n) is 13.2. The summed E-state index contributed by atoms with van der Waals surface area (Å²) >= 11 is 0. The zero-order valence-corrected chi connectivity index (χ0v) is 13.2. The smallest absolute Gasteiger partial charge is 0.395 e. The topological polar surface area (TPSA) is 59.6 Å². The van der Waals surface area contributed by atoms with Crippen molar-refractivity contribution in [2.75, 3.05) is 18.4 Å². The quantitative estimate of drug-likeness (QED) is 0.895. The number of hydrogen-bond acceptors (Lipinski definition) is 4. The van der Waals surface area contributed by atoms with Crippen LogP contribution in [0.2, 0.25) is 0 Å². The maximum Gasteiger partial charge on any atom is 0.586 e. The van der Waals surface area contributed by atoms with Crippen LogP contribution in [0.25, 0.3) is 0 Å². The molecule has 130 valence electrons. The van der Waals surface area contributed by atoms with Gasteiger partial charge in [0.15, 0.2) is 11.5 Å². The number of alkyl halides is 2. The van der Waals surface area contributed by atoms with Crippen molar-refractivity contribution in [2.24, 2.45) is 0 Å². The van der Waals surface area contributed by atoms with E-state index in [1.165, 1.54) is 18.2 Å². The fourth-order valence-electron chi connectivity index (χ4n) is 3.21. The lowest BCUT2D eigenvalue weighted by Crippen LogP contribution is -2.25. The van der Waals surface area contributed by atoms with Crippen LogP contribution in [0.5, 0.6) is 11.5 Å². The predicted octanol–water partition coefficient (Wildman–Crippen LogP) is 3.34. The number of carbonyl (C=O) groups excluding carboxylic acids is 1. The fourth-order valence-corrected chi connectivity index (χ4v) is 3.21. The van der Waals surface area contributed by atoms with Crippen LogP contribution in [0.15, 0.2) is 42.5 Å². The molecule has 0 spiro atoms. The number of amides is 1. The van der Waals surface area contributed by atoms with Crippen LogP contribution >= 0.6 is 0 Å². The third kappa shape index (κ3) is 3.15. The summed E-state index contributed by atoms with van der Waals surface area (Å²) in [5.74, 6) is -0.151. The minimum absolute atomic E-state index is 0.0552. The molecule has 0 radical (unpaired) electrons. The van der Waals surface area contributed by atoms with E-state index in [2.05, 4.69) is 20.1 Å². The van der Waals surface area contributed by atoms with E-state index in [0.717, 1.165) is 25.1 Å². The molecule has 2 aromatic carbocycles. The number of anilines is 1.